The molecule has 1 unspecified atom stereocenters. The summed E-state index contributed by atoms with van der Waals surface area (Å²) in [5.41, 5.74) is 0.630. The van der Waals surface area contributed by atoms with Crippen LogP contribution in [0.2, 0.25) is 0 Å². The molecule has 0 heterocycles. The third-order valence-corrected chi connectivity index (χ3v) is 6.98. The molecule has 3 rings (SSSR count). The van der Waals surface area contributed by atoms with E-state index in [4.69, 9.17) is 4.74 Å². The Labute approximate surface area is 180 Å². The van der Waals surface area contributed by atoms with Gasteiger partial charge in [0.1, 0.15) is 6.10 Å². The van der Waals surface area contributed by atoms with Gasteiger partial charge in [-0.05, 0) is 55.2 Å². The summed E-state index contributed by atoms with van der Waals surface area (Å²) in [6, 6.07) is 9.32. The minimum atomic E-state index is -1.02. The molecule has 6 atom stereocenters. The maximum Gasteiger partial charge on any atom is 0.303 e. The van der Waals surface area contributed by atoms with Crippen LogP contribution in [0.15, 0.2) is 42.0 Å². The molecule has 0 spiro atoms. The molecule has 2 aliphatic carbocycles. The zero-order chi connectivity index (χ0) is 22.1. The van der Waals surface area contributed by atoms with Gasteiger partial charge < -0.3 is 14.7 Å². The normalized spacial score (nSPS) is 31.9. The SMILES string of the molecule is CC(=O)O[C@@H]1[CH][C@@]2(O)[C@H](C)CC[C@@H](C(C)CN(C)C(=O)c3ccccc3)[C@H]2C=C1C. The summed E-state index contributed by atoms with van der Waals surface area (Å²) in [5.74, 6) is 0.149. The Morgan fingerprint density at radius 2 is 1.93 bits per heavy atom. The summed E-state index contributed by atoms with van der Waals surface area (Å²) in [5, 5.41) is 11.6. The molecule has 0 saturated heterocycles. The summed E-state index contributed by atoms with van der Waals surface area (Å²) in [4.78, 5) is 26.0. The van der Waals surface area contributed by atoms with Crippen molar-refractivity contribution in [2.45, 2.75) is 52.2 Å². The van der Waals surface area contributed by atoms with Crippen molar-refractivity contribution in [3.8, 4) is 0 Å². The van der Waals surface area contributed by atoms with Crippen LogP contribution in [0.5, 0.6) is 0 Å². The molecular formula is C25H34NO4. The molecule has 1 amide bonds. The predicted octanol–water partition coefficient (Wildman–Crippen LogP) is 3.88. The zero-order valence-electron chi connectivity index (χ0n) is 18.7. The topological polar surface area (TPSA) is 66.8 Å². The lowest BCUT2D eigenvalue weighted by atomic mass is 9.57. The number of hydrogen-bond acceptors (Lipinski definition) is 4. The second-order valence-electron chi connectivity index (χ2n) is 9.19. The number of rotatable bonds is 5. The molecule has 1 fully saturated rings. The van der Waals surface area contributed by atoms with Gasteiger partial charge in [-0.1, -0.05) is 38.1 Å². The number of carbonyl (C=O) groups is 2. The fourth-order valence-electron chi connectivity index (χ4n) is 5.20. The van der Waals surface area contributed by atoms with Crippen LogP contribution in [0.4, 0.5) is 0 Å². The molecule has 1 N–H and O–H groups in total. The Kier molecular flexibility index (Phi) is 6.71. The van der Waals surface area contributed by atoms with Gasteiger partial charge in [0.15, 0.2) is 0 Å². The molecule has 1 aromatic carbocycles. The Morgan fingerprint density at radius 1 is 1.27 bits per heavy atom. The quantitative estimate of drug-likeness (QED) is 0.589. The van der Waals surface area contributed by atoms with Crippen LogP contribution in [0.3, 0.4) is 0 Å². The molecule has 30 heavy (non-hydrogen) atoms. The van der Waals surface area contributed by atoms with E-state index in [1.807, 2.05) is 50.7 Å². The number of esters is 1. The van der Waals surface area contributed by atoms with Gasteiger partial charge in [-0.3, -0.25) is 9.59 Å². The van der Waals surface area contributed by atoms with E-state index in [9.17, 15) is 14.7 Å². The molecule has 5 heteroatoms. The first kappa shape index (κ1) is 22.5. The lowest BCUT2D eigenvalue weighted by Crippen LogP contribution is -2.56. The van der Waals surface area contributed by atoms with Crippen LogP contribution in [0.1, 0.15) is 50.9 Å². The first-order valence-electron chi connectivity index (χ1n) is 10.9. The molecule has 0 aliphatic heterocycles. The number of benzene rings is 1. The van der Waals surface area contributed by atoms with Gasteiger partial charge in [0.2, 0.25) is 0 Å². The maximum atomic E-state index is 12.8. The smallest absolute Gasteiger partial charge is 0.303 e. The summed E-state index contributed by atoms with van der Waals surface area (Å²) in [6.07, 6.45) is 5.34. The molecule has 2 aliphatic rings. The maximum absolute atomic E-state index is 12.8. The highest BCUT2D eigenvalue weighted by Gasteiger charge is 2.53. The predicted molar refractivity (Wildman–Crippen MR) is 117 cm³/mol. The summed E-state index contributed by atoms with van der Waals surface area (Å²) in [6.45, 7) is 8.20. The minimum Gasteiger partial charge on any atom is -0.458 e. The van der Waals surface area contributed by atoms with E-state index in [2.05, 4.69) is 19.9 Å². The largest absolute Gasteiger partial charge is 0.458 e. The van der Waals surface area contributed by atoms with Crippen molar-refractivity contribution in [2.24, 2.45) is 23.7 Å². The Hall–Kier alpha value is -2.14. The zero-order valence-corrected chi connectivity index (χ0v) is 18.7. The Bertz CT molecular complexity index is 805. The highest BCUT2D eigenvalue weighted by molar-refractivity contribution is 5.93. The highest BCUT2D eigenvalue weighted by atomic mass is 16.5. The Morgan fingerprint density at radius 3 is 2.57 bits per heavy atom. The number of aliphatic hydroxyl groups is 1. The van der Waals surface area contributed by atoms with Crippen molar-refractivity contribution < 1.29 is 19.4 Å². The lowest BCUT2D eigenvalue weighted by molar-refractivity contribution is -0.148. The second kappa shape index (κ2) is 8.93. The summed E-state index contributed by atoms with van der Waals surface area (Å²) in [7, 11) is 1.84. The van der Waals surface area contributed by atoms with E-state index >= 15 is 0 Å². The number of carbonyl (C=O) groups excluding carboxylic acids is 2. The molecule has 1 saturated carbocycles. The van der Waals surface area contributed by atoms with Crippen molar-refractivity contribution in [1.29, 1.82) is 0 Å². The second-order valence-corrected chi connectivity index (χ2v) is 9.19. The van der Waals surface area contributed by atoms with Gasteiger partial charge in [-0.15, -0.1) is 0 Å². The average molecular weight is 413 g/mol. The van der Waals surface area contributed by atoms with Crippen molar-refractivity contribution >= 4 is 11.9 Å². The van der Waals surface area contributed by atoms with E-state index in [-0.39, 0.29) is 35.5 Å². The molecular weight excluding hydrogens is 378 g/mol. The summed E-state index contributed by atoms with van der Waals surface area (Å²) >= 11 is 0. The number of ether oxygens (including phenoxy) is 1. The number of amides is 1. The van der Waals surface area contributed by atoms with Gasteiger partial charge in [-0.2, -0.15) is 0 Å². The fourth-order valence-corrected chi connectivity index (χ4v) is 5.20. The minimum absolute atomic E-state index is 0.0127. The lowest BCUT2D eigenvalue weighted by Gasteiger charge is -2.53. The third-order valence-electron chi connectivity index (χ3n) is 6.98. The first-order valence-corrected chi connectivity index (χ1v) is 10.9. The molecule has 163 valence electrons. The molecule has 0 bridgehead atoms. The van der Waals surface area contributed by atoms with Crippen LogP contribution < -0.4 is 0 Å². The number of nitrogens with zero attached hydrogens (tertiary/aromatic N) is 1. The van der Waals surface area contributed by atoms with E-state index in [0.29, 0.717) is 12.1 Å². The van der Waals surface area contributed by atoms with E-state index < -0.39 is 11.7 Å². The van der Waals surface area contributed by atoms with Crippen molar-refractivity contribution in [3.05, 3.63) is 54.0 Å². The average Bonchev–Trinajstić information content (AvgIpc) is 2.70. The van der Waals surface area contributed by atoms with Gasteiger partial charge in [0.05, 0.1) is 5.60 Å². The highest BCUT2D eigenvalue weighted by Crippen LogP contribution is 2.50. The van der Waals surface area contributed by atoms with Crippen LogP contribution in [-0.2, 0) is 9.53 Å². The van der Waals surface area contributed by atoms with Crippen molar-refractivity contribution in [1.82, 2.24) is 4.90 Å². The van der Waals surface area contributed by atoms with Crippen LogP contribution in [0.25, 0.3) is 0 Å². The van der Waals surface area contributed by atoms with E-state index in [1.165, 1.54) is 6.92 Å². The fraction of sp³-hybridized carbons (Fsp3) is 0.560. The Balaban J connectivity index is 1.77. The summed E-state index contributed by atoms with van der Waals surface area (Å²) < 4.78 is 5.43. The van der Waals surface area contributed by atoms with E-state index in [0.717, 1.165) is 18.4 Å². The van der Waals surface area contributed by atoms with Crippen LogP contribution in [0, 0.1) is 30.1 Å². The monoisotopic (exact) mass is 412 g/mol. The third kappa shape index (κ3) is 4.46. The molecule has 1 aromatic rings. The number of fused-ring (bicyclic) bond motifs is 1. The van der Waals surface area contributed by atoms with Crippen LogP contribution in [-0.4, -0.2) is 47.2 Å². The molecule has 5 nitrogen and oxygen atoms in total. The standard InChI is InChI=1S/C25H34NO4/c1-16-13-22-21(12-11-18(3)25(22,29)14-23(16)30-19(4)27)17(2)15-26(5)24(28)20-9-7-6-8-10-20/h6-10,13-14,17-18,21-23,29H,11-12,15H2,1-5H3/t17?,18-,21+,22-,23-,25-/m1/s1. The van der Waals surface area contributed by atoms with Gasteiger partial charge in [-0.25, -0.2) is 0 Å². The van der Waals surface area contributed by atoms with Crippen molar-refractivity contribution in [2.75, 3.05) is 13.6 Å². The van der Waals surface area contributed by atoms with Crippen LogP contribution >= 0.6 is 0 Å². The van der Waals surface area contributed by atoms with Gasteiger partial charge >= 0.3 is 5.97 Å². The van der Waals surface area contributed by atoms with Crippen molar-refractivity contribution in [3.63, 3.8) is 0 Å². The first-order chi connectivity index (χ1) is 14.1. The number of hydrogen-bond donors (Lipinski definition) is 1. The molecule has 0 aromatic heterocycles. The van der Waals surface area contributed by atoms with Gasteiger partial charge in [0.25, 0.3) is 5.91 Å². The molecule has 1 radical (unpaired) electrons. The van der Waals surface area contributed by atoms with Gasteiger partial charge in [0, 0.05) is 38.4 Å². The van der Waals surface area contributed by atoms with E-state index in [1.54, 1.807) is 4.90 Å².